The Labute approximate surface area is 113 Å². The summed E-state index contributed by atoms with van der Waals surface area (Å²) in [7, 11) is 0. The lowest BCUT2D eigenvalue weighted by atomic mass is 10.2. The molecule has 0 bridgehead atoms. The Morgan fingerprint density at radius 3 is 2.89 bits per heavy atom. The number of hydrogen-bond donors (Lipinski definition) is 0. The molecule has 19 heavy (non-hydrogen) atoms. The van der Waals surface area contributed by atoms with Crippen LogP contribution < -0.4 is 4.74 Å². The van der Waals surface area contributed by atoms with Gasteiger partial charge in [-0.2, -0.15) is 4.98 Å². The van der Waals surface area contributed by atoms with Crippen LogP contribution in [0.4, 0.5) is 0 Å². The quantitative estimate of drug-likeness (QED) is 0.771. The summed E-state index contributed by atoms with van der Waals surface area (Å²) < 4.78 is 5.63. The minimum atomic E-state index is 0.486. The van der Waals surface area contributed by atoms with Gasteiger partial charge in [-0.1, -0.05) is 18.2 Å². The van der Waals surface area contributed by atoms with Crippen LogP contribution in [-0.4, -0.2) is 41.1 Å². The topological polar surface area (TPSA) is 38.2 Å². The first-order valence-corrected chi connectivity index (χ1v) is 6.99. The highest BCUT2D eigenvalue weighted by Crippen LogP contribution is 2.13. The zero-order valence-corrected chi connectivity index (χ0v) is 11.1. The second-order valence-electron chi connectivity index (χ2n) is 4.96. The van der Waals surface area contributed by atoms with Crippen LogP contribution in [-0.2, 0) is 0 Å². The van der Waals surface area contributed by atoms with E-state index in [4.69, 9.17) is 4.74 Å². The molecule has 0 amide bonds. The van der Waals surface area contributed by atoms with Crippen LogP contribution in [0.5, 0.6) is 6.01 Å². The molecule has 0 N–H and O–H groups in total. The van der Waals surface area contributed by atoms with Crippen molar-refractivity contribution in [2.45, 2.75) is 19.3 Å². The molecule has 1 saturated heterocycles. The fourth-order valence-corrected chi connectivity index (χ4v) is 2.48. The number of fused-ring (bicyclic) bond motifs is 1. The van der Waals surface area contributed by atoms with Gasteiger partial charge in [0.05, 0.1) is 12.1 Å². The summed E-state index contributed by atoms with van der Waals surface area (Å²) in [4.78, 5) is 11.1. The maximum Gasteiger partial charge on any atom is 0.316 e. The Kier molecular flexibility index (Phi) is 3.89. The second kappa shape index (κ2) is 5.97. The van der Waals surface area contributed by atoms with E-state index in [2.05, 4.69) is 14.9 Å². The molecule has 1 aromatic heterocycles. The Bertz CT molecular complexity index is 538. The zero-order valence-electron chi connectivity index (χ0n) is 11.1. The number of rotatable bonds is 5. The van der Waals surface area contributed by atoms with Crippen molar-refractivity contribution >= 4 is 10.9 Å². The van der Waals surface area contributed by atoms with E-state index in [0.29, 0.717) is 12.6 Å². The number of aromatic nitrogens is 2. The summed E-state index contributed by atoms with van der Waals surface area (Å²) in [5.74, 6) is 0. The van der Waals surface area contributed by atoms with Crippen molar-refractivity contribution in [3.63, 3.8) is 0 Å². The van der Waals surface area contributed by atoms with Crippen LogP contribution in [0.25, 0.3) is 10.9 Å². The van der Waals surface area contributed by atoms with Crippen molar-refractivity contribution in [1.82, 2.24) is 14.9 Å². The fraction of sp³-hybridized carbons (Fsp3) is 0.467. The molecule has 3 rings (SSSR count). The Balaban J connectivity index is 1.50. The summed E-state index contributed by atoms with van der Waals surface area (Å²) in [5, 5.41) is 1.05. The lowest BCUT2D eigenvalue weighted by molar-refractivity contribution is 0.250. The molecule has 100 valence electrons. The number of para-hydroxylation sites is 1. The van der Waals surface area contributed by atoms with Gasteiger partial charge < -0.3 is 9.64 Å². The molecule has 2 aromatic rings. The average Bonchev–Trinajstić information content (AvgIpc) is 2.97. The first-order chi connectivity index (χ1) is 9.42. The van der Waals surface area contributed by atoms with Gasteiger partial charge in [0.2, 0.25) is 0 Å². The van der Waals surface area contributed by atoms with Gasteiger partial charge in [0.25, 0.3) is 0 Å². The Hall–Kier alpha value is -1.68. The van der Waals surface area contributed by atoms with Gasteiger partial charge in [0.15, 0.2) is 0 Å². The van der Waals surface area contributed by atoms with Crippen molar-refractivity contribution in [2.75, 3.05) is 26.2 Å². The van der Waals surface area contributed by atoms with E-state index in [1.807, 2.05) is 30.5 Å². The van der Waals surface area contributed by atoms with E-state index in [9.17, 15) is 0 Å². The van der Waals surface area contributed by atoms with Gasteiger partial charge in [-0.05, 0) is 38.4 Å². The molecule has 4 nitrogen and oxygen atoms in total. The van der Waals surface area contributed by atoms with E-state index in [1.165, 1.54) is 25.9 Å². The van der Waals surface area contributed by atoms with Gasteiger partial charge in [0.1, 0.15) is 0 Å². The maximum atomic E-state index is 5.63. The van der Waals surface area contributed by atoms with Crippen LogP contribution >= 0.6 is 0 Å². The zero-order chi connectivity index (χ0) is 12.9. The molecule has 0 spiro atoms. The van der Waals surface area contributed by atoms with Gasteiger partial charge in [-0.25, -0.2) is 4.98 Å². The van der Waals surface area contributed by atoms with E-state index in [-0.39, 0.29) is 0 Å². The van der Waals surface area contributed by atoms with E-state index >= 15 is 0 Å². The Morgan fingerprint density at radius 1 is 1.16 bits per heavy atom. The van der Waals surface area contributed by atoms with Crippen LogP contribution in [0.15, 0.2) is 30.5 Å². The normalized spacial score (nSPS) is 16.0. The highest BCUT2D eigenvalue weighted by atomic mass is 16.5. The number of nitrogens with zero attached hydrogens (tertiary/aromatic N) is 3. The molecule has 1 fully saturated rings. The van der Waals surface area contributed by atoms with E-state index in [0.717, 1.165) is 23.9 Å². The van der Waals surface area contributed by atoms with Crippen LogP contribution in [0, 0.1) is 0 Å². The highest BCUT2D eigenvalue weighted by molar-refractivity contribution is 5.77. The molecule has 4 heteroatoms. The SMILES string of the molecule is c1ccc2nc(OCCCN3CCCC3)ncc2c1. The summed E-state index contributed by atoms with van der Waals surface area (Å²) in [6.07, 6.45) is 5.54. The molecule has 1 aliphatic rings. The number of benzene rings is 1. The third-order valence-electron chi connectivity index (χ3n) is 3.52. The van der Waals surface area contributed by atoms with Crippen molar-refractivity contribution < 1.29 is 4.74 Å². The summed E-state index contributed by atoms with van der Waals surface area (Å²) in [6.45, 7) is 4.29. The molecule has 0 saturated carbocycles. The third kappa shape index (κ3) is 3.20. The molecule has 1 aliphatic heterocycles. The molecule has 1 aromatic carbocycles. The molecule has 0 aliphatic carbocycles. The molecular formula is C15H19N3O. The smallest absolute Gasteiger partial charge is 0.316 e. The van der Waals surface area contributed by atoms with E-state index < -0.39 is 0 Å². The van der Waals surface area contributed by atoms with E-state index in [1.54, 1.807) is 0 Å². The lowest BCUT2D eigenvalue weighted by Crippen LogP contribution is -2.22. The number of ether oxygens (including phenoxy) is 1. The maximum absolute atomic E-state index is 5.63. The van der Waals surface area contributed by atoms with Crippen molar-refractivity contribution in [3.8, 4) is 6.01 Å². The fourth-order valence-electron chi connectivity index (χ4n) is 2.48. The number of likely N-dealkylation sites (tertiary alicyclic amines) is 1. The monoisotopic (exact) mass is 257 g/mol. The van der Waals surface area contributed by atoms with Crippen molar-refractivity contribution in [3.05, 3.63) is 30.5 Å². The van der Waals surface area contributed by atoms with Crippen LogP contribution in [0.3, 0.4) is 0 Å². The molecular weight excluding hydrogens is 238 g/mol. The van der Waals surface area contributed by atoms with Gasteiger partial charge >= 0.3 is 6.01 Å². The van der Waals surface area contributed by atoms with Crippen LogP contribution in [0.1, 0.15) is 19.3 Å². The minimum absolute atomic E-state index is 0.486. The standard InChI is InChI=1S/C15H19N3O/c1-2-7-14-13(6-1)12-16-15(17-14)19-11-5-10-18-8-3-4-9-18/h1-2,6-7,12H,3-5,8-11H2. The first-order valence-electron chi connectivity index (χ1n) is 6.99. The summed E-state index contributed by atoms with van der Waals surface area (Å²) in [5.41, 5.74) is 0.937. The second-order valence-corrected chi connectivity index (χ2v) is 4.96. The predicted molar refractivity (Wildman–Crippen MR) is 75.3 cm³/mol. The van der Waals surface area contributed by atoms with Crippen LogP contribution in [0.2, 0.25) is 0 Å². The lowest BCUT2D eigenvalue weighted by Gasteiger charge is -2.13. The Morgan fingerprint density at radius 2 is 2.00 bits per heavy atom. The minimum Gasteiger partial charge on any atom is -0.463 e. The highest BCUT2D eigenvalue weighted by Gasteiger charge is 2.10. The van der Waals surface area contributed by atoms with Crippen molar-refractivity contribution in [2.24, 2.45) is 0 Å². The molecule has 0 atom stereocenters. The average molecular weight is 257 g/mol. The largest absolute Gasteiger partial charge is 0.463 e. The first kappa shape index (κ1) is 12.4. The molecule has 0 unspecified atom stereocenters. The van der Waals surface area contributed by atoms with Gasteiger partial charge in [-0.3, -0.25) is 0 Å². The predicted octanol–water partition coefficient (Wildman–Crippen LogP) is 2.49. The third-order valence-corrected chi connectivity index (χ3v) is 3.52. The summed E-state index contributed by atoms with van der Waals surface area (Å²) >= 11 is 0. The van der Waals surface area contributed by atoms with Gasteiger partial charge in [-0.15, -0.1) is 0 Å². The van der Waals surface area contributed by atoms with Gasteiger partial charge in [0, 0.05) is 18.1 Å². The summed E-state index contributed by atoms with van der Waals surface area (Å²) in [6, 6.07) is 8.44. The molecule has 2 heterocycles. The number of hydrogen-bond acceptors (Lipinski definition) is 4. The molecule has 0 radical (unpaired) electrons. The van der Waals surface area contributed by atoms with Crippen molar-refractivity contribution in [1.29, 1.82) is 0 Å².